The van der Waals surface area contributed by atoms with E-state index in [1.165, 1.54) is 50.6 Å². The second-order valence-corrected chi connectivity index (χ2v) is 11.1. The van der Waals surface area contributed by atoms with Gasteiger partial charge in [0, 0.05) is 61.6 Å². The number of aromatic nitrogens is 4. The summed E-state index contributed by atoms with van der Waals surface area (Å²) in [6.45, 7) is 7.50. The molecule has 4 heterocycles. The van der Waals surface area contributed by atoms with Gasteiger partial charge in [-0.3, -0.25) is 9.98 Å². The van der Waals surface area contributed by atoms with Crippen LogP contribution in [0.15, 0.2) is 78.2 Å². The van der Waals surface area contributed by atoms with Gasteiger partial charge in [-0.05, 0) is 67.5 Å². The highest BCUT2D eigenvalue weighted by molar-refractivity contribution is 6.00. The fourth-order valence-electron chi connectivity index (χ4n) is 5.96. The Labute approximate surface area is 237 Å². The first-order valence-electron chi connectivity index (χ1n) is 14.7. The molecule has 2 aromatic heterocycles. The van der Waals surface area contributed by atoms with E-state index in [0.29, 0.717) is 18.4 Å². The van der Waals surface area contributed by atoms with E-state index in [4.69, 9.17) is 15.1 Å². The molecule has 0 amide bonds. The molecule has 7 nitrogen and oxygen atoms in total. The van der Waals surface area contributed by atoms with Crippen LogP contribution in [0.1, 0.15) is 62.8 Å². The summed E-state index contributed by atoms with van der Waals surface area (Å²) in [6.07, 6.45) is 19.5. The summed E-state index contributed by atoms with van der Waals surface area (Å²) in [6, 6.07) is 13.1. The first-order valence-corrected chi connectivity index (χ1v) is 14.7. The summed E-state index contributed by atoms with van der Waals surface area (Å²) in [7, 11) is 1.94. The van der Waals surface area contributed by atoms with Gasteiger partial charge in [0.15, 0.2) is 5.82 Å². The molecule has 0 bridgehead atoms. The van der Waals surface area contributed by atoms with Crippen molar-refractivity contribution >= 4 is 23.4 Å². The lowest BCUT2D eigenvalue weighted by atomic mass is 9.86. The highest BCUT2D eigenvalue weighted by atomic mass is 15.4. The molecular formula is C33H39N7. The molecule has 0 atom stereocenters. The van der Waals surface area contributed by atoms with Crippen molar-refractivity contribution in [2.75, 3.05) is 22.9 Å². The van der Waals surface area contributed by atoms with E-state index in [1.54, 1.807) is 0 Å². The SMILES string of the molecule is C=C(C1CCCCC1)N(Cc1ccc(-c2cccc(N3CCCC3)c2)nc1)c1nc(/C=C/C2=NC=CC2)n(C)n1. The quantitative estimate of drug-likeness (QED) is 0.298. The van der Waals surface area contributed by atoms with Gasteiger partial charge in [0.25, 0.3) is 0 Å². The number of anilines is 2. The molecule has 0 unspecified atom stereocenters. The molecule has 0 N–H and O–H groups in total. The third-order valence-electron chi connectivity index (χ3n) is 8.33. The number of allylic oxidation sites excluding steroid dienone is 3. The Bertz CT molecular complexity index is 1420. The van der Waals surface area contributed by atoms with Gasteiger partial charge in [0.05, 0.1) is 12.2 Å². The second kappa shape index (κ2) is 12.0. The van der Waals surface area contributed by atoms with Gasteiger partial charge in [-0.15, -0.1) is 5.10 Å². The van der Waals surface area contributed by atoms with Gasteiger partial charge >= 0.3 is 0 Å². The van der Waals surface area contributed by atoms with Gasteiger partial charge < -0.3 is 9.80 Å². The van der Waals surface area contributed by atoms with E-state index in [0.717, 1.165) is 53.6 Å². The topological polar surface area (TPSA) is 62.4 Å². The van der Waals surface area contributed by atoms with Gasteiger partial charge in [0.2, 0.25) is 5.95 Å². The van der Waals surface area contributed by atoms with Crippen LogP contribution in [-0.4, -0.2) is 38.5 Å². The van der Waals surface area contributed by atoms with Crippen LogP contribution in [0, 0.1) is 5.92 Å². The predicted molar refractivity (Wildman–Crippen MR) is 164 cm³/mol. The van der Waals surface area contributed by atoms with Crippen LogP contribution in [0.25, 0.3) is 17.3 Å². The largest absolute Gasteiger partial charge is 0.372 e. The zero-order valence-electron chi connectivity index (χ0n) is 23.5. The number of hydrogen-bond donors (Lipinski definition) is 0. The Morgan fingerprint density at radius 2 is 1.90 bits per heavy atom. The first kappa shape index (κ1) is 26.2. The van der Waals surface area contributed by atoms with E-state index in [2.05, 4.69) is 63.8 Å². The molecule has 206 valence electrons. The standard InChI is InChI=1S/C33H39N7/c1-25(27-10-4-3-5-11-27)40(33-36-32(38(2)37-33)18-16-29-13-9-19-34-29)24-26-15-17-31(35-23-26)28-12-8-14-30(22-28)39-20-6-7-21-39/h8-9,12,14-19,22-23,27H,1,3-7,10-11,13,20-21,24H2,2H3/b18-16+. The van der Waals surface area contributed by atoms with Crippen molar-refractivity contribution in [1.29, 1.82) is 0 Å². The molecule has 2 fully saturated rings. The lowest BCUT2D eigenvalue weighted by Gasteiger charge is -2.31. The number of aliphatic imine (C=N–C) groups is 1. The van der Waals surface area contributed by atoms with Crippen LogP contribution in [-0.2, 0) is 13.6 Å². The second-order valence-electron chi connectivity index (χ2n) is 11.1. The number of benzene rings is 1. The van der Waals surface area contributed by atoms with E-state index < -0.39 is 0 Å². The molecule has 0 spiro atoms. The number of rotatable bonds is 9. The van der Waals surface area contributed by atoms with Crippen LogP contribution in [0.5, 0.6) is 0 Å². The maximum atomic E-state index is 4.93. The molecule has 7 heteroatoms. The van der Waals surface area contributed by atoms with Gasteiger partial charge in [-0.1, -0.05) is 50.1 Å². The predicted octanol–water partition coefficient (Wildman–Crippen LogP) is 6.95. The molecule has 0 radical (unpaired) electrons. The maximum absolute atomic E-state index is 4.93. The van der Waals surface area contributed by atoms with Crippen LogP contribution in [0.4, 0.5) is 11.6 Å². The third-order valence-corrected chi connectivity index (χ3v) is 8.33. The summed E-state index contributed by atoms with van der Waals surface area (Å²) in [5.41, 5.74) is 6.70. The van der Waals surface area contributed by atoms with Crippen molar-refractivity contribution < 1.29 is 0 Å². The van der Waals surface area contributed by atoms with Crippen molar-refractivity contribution in [1.82, 2.24) is 19.7 Å². The average molecular weight is 534 g/mol. The van der Waals surface area contributed by atoms with E-state index >= 15 is 0 Å². The zero-order valence-corrected chi connectivity index (χ0v) is 23.5. The summed E-state index contributed by atoms with van der Waals surface area (Å²) in [4.78, 5) is 18.9. The molecule has 3 aliphatic rings. The first-order chi connectivity index (χ1) is 19.6. The molecule has 1 saturated carbocycles. The Morgan fingerprint density at radius 3 is 2.65 bits per heavy atom. The van der Waals surface area contributed by atoms with Crippen LogP contribution in [0.2, 0.25) is 0 Å². The highest BCUT2D eigenvalue weighted by Gasteiger charge is 2.25. The molecule has 3 aromatic rings. The Kier molecular flexibility index (Phi) is 7.89. The van der Waals surface area contributed by atoms with E-state index in [-0.39, 0.29) is 0 Å². The summed E-state index contributed by atoms with van der Waals surface area (Å²) < 4.78 is 1.84. The Morgan fingerprint density at radius 1 is 1.05 bits per heavy atom. The minimum atomic E-state index is 0.455. The van der Waals surface area contributed by atoms with Gasteiger partial charge in [0.1, 0.15) is 0 Å². The van der Waals surface area contributed by atoms with E-state index in [9.17, 15) is 0 Å². The Hall–Kier alpha value is -4.00. The molecule has 1 aromatic carbocycles. The van der Waals surface area contributed by atoms with Crippen LogP contribution >= 0.6 is 0 Å². The number of pyridine rings is 1. The molecule has 1 aliphatic carbocycles. The average Bonchev–Trinajstić information content (AvgIpc) is 3.79. The number of aryl methyl sites for hydroxylation is 1. The summed E-state index contributed by atoms with van der Waals surface area (Å²) >= 11 is 0. The van der Waals surface area contributed by atoms with Crippen molar-refractivity contribution in [3.8, 4) is 11.3 Å². The molecular weight excluding hydrogens is 494 g/mol. The zero-order chi connectivity index (χ0) is 27.3. The summed E-state index contributed by atoms with van der Waals surface area (Å²) in [5, 5.41) is 4.82. The minimum absolute atomic E-state index is 0.455. The summed E-state index contributed by atoms with van der Waals surface area (Å²) in [5.74, 6) is 1.94. The van der Waals surface area contributed by atoms with Crippen molar-refractivity contribution in [2.45, 2.75) is 57.9 Å². The van der Waals surface area contributed by atoms with Crippen molar-refractivity contribution in [2.24, 2.45) is 18.0 Å². The van der Waals surface area contributed by atoms with Crippen LogP contribution < -0.4 is 9.80 Å². The number of hydrogen-bond acceptors (Lipinski definition) is 6. The van der Waals surface area contributed by atoms with Crippen molar-refractivity contribution in [3.63, 3.8) is 0 Å². The normalized spacial score (nSPS) is 17.6. The number of nitrogens with zero attached hydrogens (tertiary/aromatic N) is 7. The molecule has 40 heavy (non-hydrogen) atoms. The van der Waals surface area contributed by atoms with Gasteiger partial charge in [-0.25, -0.2) is 4.68 Å². The molecule has 2 aliphatic heterocycles. The van der Waals surface area contributed by atoms with Gasteiger partial charge in [-0.2, -0.15) is 4.98 Å². The van der Waals surface area contributed by atoms with E-state index in [1.807, 2.05) is 36.3 Å². The molecule has 6 rings (SSSR count). The third kappa shape index (κ3) is 5.93. The van der Waals surface area contributed by atoms with Crippen LogP contribution in [0.3, 0.4) is 0 Å². The molecule has 1 saturated heterocycles. The highest BCUT2D eigenvalue weighted by Crippen LogP contribution is 2.33. The Balaban J connectivity index is 1.23. The fourth-order valence-corrected chi connectivity index (χ4v) is 5.96. The van der Waals surface area contributed by atoms with Crippen molar-refractivity contribution in [3.05, 3.63) is 84.6 Å². The lowest BCUT2D eigenvalue weighted by molar-refractivity contribution is 0.395. The smallest absolute Gasteiger partial charge is 0.249 e. The monoisotopic (exact) mass is 533 g/mol. The minimum Gasteiger partial charge on any atom is -0.372 e. The fraction of sp³-hybridized carbons (Fsp3) is 0.394. The lowest BCUT2D eigenvalue weighted by Crippen LogP contribution is -2.28. The maximum Gasteiger partial charge on any atom is 0.249 e.